The topological polar surface area (TPSA) is 26.3 Å². The van der Waals surface area contributed by atoms with Crippen LogP contribution in [0.3, 0.4) is 0 Å². The highest BCUT2D eigenvalue weighted by molar-refractivity contribution is 5.66. The molecular formula is C14H22O2. The van der Waals surface area contributed by atoms with Gasteiger partial charge in [0.05, 0.1) is 0 Å². The molecule has 2 aliphatic carbocycles. The third kappa shape index (κ3) is 1.79. The first-order valence-electron chi connectivity index (χ1n) is 6.41. The van der Waals surface area contributed by atoms with E-state index in [0.717, 1.165) is 6.42 Å². The van der Waals surface area contributed by atoms with E-state index >= 15 is 0 Å². The van der Waals surface area contributed by atoms with Gasteiger partial charge in [-0.3, -0.25) is 4.79 Å². The summed E-state index contributed by atoms with van der Waals surface area (Å²) >= 11 is 0. The van der Waals surface area contributed by atoms with Crippen LogP contribution in [0.1, 0.15) is 52.9 Å². The molecule has 2 fully saturated rings. The molecule has 0 aromatic heterocycles. The zero-order chi connectivity index (χ0) is 11.8. The standard InChI is InChI=1S/C14H22O2/c1-4-11-7-8-12-13(16-10(2)15)6-5-9-14(11,12)3/h4,12-13H,5-9H2,1-3H3/t12-,13-,14-/m0/s1. The molecule has 90 valence electrons. The van der Waals surface area contributed by atoms with Gasteiger partial charge in [-0.1, -0.05) is 18.6 Å². The van der Waals surface area contributed by atoms with Crippen molar-refractivity contribution in [3.05, 3.63) is 11.6 Å². The number of allylic oxidation sites excluding steroid dienone is 2. The van der Waals surface area contributed by atoms with Gasteiger partial charge in [0, 0.05) is 12.8 Å². The SMILES string of the molecule is CC=C1CC[C@H]2[C@@H](OC(C)=O)CCC[C@@]12C. The summed E-state index contributed by atoms with van der Waals surface area (Å²) in [5, 5.41) is 0. The number of hydrogen-bond acceptors (Lipinski definition) is 2. The van der Waals surface area contributed by atoms with Crippen molar-refractivity contribution >= 4 is 5.97 Å². The Balaban J connectivity index is 2.19. The van der Waals surface area contributed by atoms with E-state index in [-0.39, 0.29) is 12.1 Å². The lowest BCUT2D eigenvalue weighted by Crippen LogP contribution is -2.39. The molecule has 0 N–H and O–H groups in total. The molecule has 0 bridgehead atoms. The Bertz CT molecular complexity index is 319. The predicted molar refractivity (Wildman–Crippen MR) is 64.0 cm³/mol. The number of rotatable bonds is 1. The van der Waals surface area contributed by atoms with Crippen LogP contribution in [0.25, 0.3) is 0 Å². The summed E-state index contributed by atoms with van der Waals surface area (Å²) in [7, 11) is 0. The molecule has 2 nitrogen and oxygen atoms in total. The van der Waals surface area contributed by atoms with E-state index in [4.69, 9.17) is 4.74 Å². The van der Waals surface area contributed by atoms with Crippen molar-refractivity contribution in [3.8, 4) is 0 Å². The number of ether oxygens (including phenoxy) is 1. The van der Waals surface area contributed by atoms with Crippen LogP contribution < -0.4 is 0 Å². The van der Waals surface area contributed by atoms with Crippen LogP contribution in [0.15, 0.2) is 11.6 Å². The summed E-state index contributed by atoms with van der Waals surface area (Å²) in [6.07, 6.45) is 8.31. The van der Waals surface area contributed by atoms with E-state index in [1.54, 1.807) is 5.57 Å². The first kappa shape index (κ1) is 11.7. The zero-order valence-electron chi connectivity index (χ0n) is 10.6. The minimum absolute atomic E-state index is 0.122. The minimum atomic E-state index is -0.122. The van der Waals surface area contributed by atoms with Gasteiger partial charge >= 0.3 is 5.97 Å². The van der Waals surface area contributed by atoms with E-state index in [1.807, 2.05) is 0 Å². The van der Waals surface area contributed by atoms with E-state index in [9.17, 15) is 4.79 Å². The second-order valence-electron chi connectivity index (χ2n) is 5.42. The Morgan fingerprint density at radius 2 is 2.25 bits per heavy atom. The molecule has 0 spiro atoms. The van der Waals surface area contributed by atoms with E-state index in [0.29, 0.717) is 11.3 Å². The molecule has 0 radical (unpaired) electrons. The fourth-order valence-electron chi connectivity index (χ4n) is 3.80. The van der Waals surface area contributed by atoms with Crippen molar-refractivity contribution in [2.24, 2.45) is 11.3 Å². The molecule has 3 atom stereocenters. The molecule has 0 aliphatic heterocycles. The van der Waals surface area contributed by atoms with E-state index in [1.165, 1.54) is 32.6 Å². The average molecular weight is 222 g/mol. The maximum atomic E-state index is 11.1. The summed E-state index contributed by atoms with van der Waals surface area (Å²) in [5.41, 5.74) is 1.88. The van der Waals surface area contributed by atoms with Crippen molar-refractivity contribution in [2.75, 3.05) is 0 Å². The third-order valence-corrected chi connectivity index (χ3v) is 4.58. The molecule has 16 heavy (non-hydrogen) atoms. The van der Waals surface area contributed by atoms with Gasteiger partial charge in [-0.15, -0.1) is 0 Å². The first-order valence-corrected chi connectivity index (χ1v) is 6.41. The lowest BCUT2D eigenvalue weighted by molar-refractivity contribution is -0.153. The molecule has 2 heteroatoms. The zero-order valence-corrected chi connectivity index (χ0v) is 10.6. The molecule has 0 heterocycles. The maximum Gasteiger partial charge on any atom is 0.302 e. The molecule has 0 aromatic rings. The number of carbonyl (C=O) groups excluding carboxylic acids is 1. The van der Waals surface area contributed by atoms with Crippen LogP contribution in [0, 0.1) is 11.3 Å². The van der Waals surface area contributed by atoms with Gasteiger partial charge in [-0.2, -0.15) is 0 Å². The van der Waals surface area contributed by atoms with Crippen molar-refractivity contribution < 1.29 is 9.53 Å². The normalized spacial score (nSPS) is 40.8. The molecule has 2 rings (SSSR count). The summed E-state index contributed by atoms with van der Waals surface area (Å²) in [4.78, 5) is 11.1. The lowest BCUT2D eigenvalue weighted by Gasteiger charge is -2.42. The number of fused-ring (bicyclic) bond motifs is 1. The van der Waals surface area contributed by atoms with E-state index in [2.05, 4.69) is 19.9 Å². The highest BCUT2D eigenvalue weighted by Gasteiger charge is 2.49. The summed E-state index contributed by atoms with van der Waals surface area (Å²) in [6, 6.07) is 0. The summed E-state index contributed by atoms with van der Waals surface area (Å²) in [6.45, 7) is 6.02. The van der Waals surface area contributed by atoms with Gasteiger partial charge in [-0.25, -0.2) is 0 Å². The van der Waals surface area contributed by atoms with Gasteiger partial charge in [0.2, 0.25) is 0 Å². The highest BCUT2D eigenvalue weighted by atomic mass is 16.5. The van der Waals surface area contributed by atoms with Crippen LogP contribution in [0.2, 0.25) is 0 Å². The van der Waals surface area contributed by atoms with Crippen LogP contribution >= 0.6 is 0 Å². The Hall–Kier alpha value is -0.790. The van der Waals surface area contributed by atoms with Crippen molar-refractivity contribution in [3.63, 3.8) is 0 Å². The lowest BCUT2D eigenvalue weighted by atomic mass is 9.66. The highest BCUT2D eigenvalue weighted by Crippen LogP contribution is 2.55. The monoisotopic (exact) mass is 222 g/mol. The van der Waals surface area contributed by atoms with Crippen LogP contribution in [0.4, 0.5) is 0 Å². The maximum absolute atomic E-state index is 11.1. The second kappa shape index (κ2) is 4.23. The third-order valence-electron chi connectivity index (χ3n) is 4.58. The second-order valence-corrected chi connectivity index (χ2v) is 5.42. The van der Waals surface area contributed by atoms with Crippen molar-refractivity contribution in [1.82, 2.24) is 0 Å². The predicted octanol–water partition coefficient (Wildman–Crippen LogP) is 3.46. The van der Waals surface area contributed by atoms with Gasteiger partial charge in [0.15, 0.2) is 0 Å². The van der Waals surface area contributed by atoms with Gasteiger partial charge in [-0.05, 0) is 44.4 Å². The minimum Gasteiger partial charge on any atom is -0.462 e. The Labute approximate surface area is 98.1 Å². The number of hydrogen-bond donors (Lipinski definition) is 0. The molecule has 0 unspecified atom stereocenters. The van der Waals surface area contributed by atoms with Gasteiger partial charge < -0.3 is 4.74 Å². The van der Waals surface area contributed by atoms with Gasteiger partial charge in [0.25, 0.3) is 0 Å². The molecule has 2 aliphatic rings. The fraction of sp³-hybridized carbons (Fsp3) is 0.786. The number of carbonyl (C=O) groups is 1. The Morgan fingerprint density at radius 3 is 2.88 bits per heavy atom. The quantitative estimate of drug-likeness (QED) is 0.501. The van der Waals surface area contributed by atoms with Crippen molar-refractivity contribution in [1.29, 1.82) is 0 Å². The molecule has 0 aromatic carbocycles. The molecule has 0 saturated heterocycles. The van der Waals surface area contributed by atoms with E-state index < -0.39 is 0 Å². The average Bonchev–Trinajstić information content (AvgIpc) is 2.54. The molecule has 2 saturated carbocycles. The number of esters is 1. The van der Waals surface area contributed by atoms with Crippen LogP contribution in [-0.4, -0.2) is 12.1 Å². The van der Waals surface area contributed by atoms with Crippen LogP contribution in [-0.2, 0) is 9.53 Å². The fourth-order valence-corrected chi connectivity index (χ4v) is 3.80. The Morgan fingerprint density at radius 1 is 1.50 bits per heavy atom. The largest absolute Gasteiger partial charge is 0.462 e. The smallest absolute Gasteiger partial charge is 0.302 e. The van der Waals surface area contributed by atoms with Crippen LogP contribution in [0.5, 0.6) is 0 Å². The van der Waals surface area contributed by atoms with Crippen molar-refractivity contribution in [2.45, 2.75) is 59.0 Å². The van der Waals surface area contributed by atoms with Gasteiger partial charge in [0.1, 0.15) is 6.10 Å². The Kier molecular flexibility index (Phi) is 3.09. The molecular weight excluding hydrogens is 200 g/mol. The summed E-state index contributed by atoms with van der Waals surface area (Å²) < 4.78 is 5.50. The molecule has 0 amide bonds. The first-order chi connectivity index (χ1) is 7.58. The summed E-state index contributed by atoms with van der Waals surface area (Å²) in [5.74, 6) is 0.430.